The number of amides is 1. The predicted octanol–water partition coefficient (Wildman–Crippen LogP) is 2.09. The molecule has 1 aromatic rings. The lowest BCUT2D eigenvalue weighted by Gasteiger charge is -2.27. The summed E-state index contributed by atoms with van der Waals surface area (Å²) in [7, 11) is 2.41. The highest BCUT2D eigenvalue weighted by molar-refractivity contribution is 6.04. The van der Waals surface area contributed by atoms with Gasteiger partial charge in [-0.1, -0.05) is 12.8 Å². The minimum absolute atomic E-state index is 0.0659. The van der Waals surface area contributed by atoms with Crippen LogP contribution in [0.5, 0.6) is 0 Å². The smallest absolute Gasteiger partial charge is 0.339 e. The summed E-state index contributed by atoms with van der Waals surface area (Å²) in [5.74, 6) is -4.29. The zero-order valence-electron chi connectivity index (χ0n) is 14.6. The second-order valence-electron chi connectivity index (χ2n) is 6.07. The first kappa shape index (κ1) is 19.4. The molecule has 1 saturated carbocycles. The van der Waals surface area contributed by atoms with Gasteiger partial charge in [0.2, 0.25) is 5.91 Å². The number of hydrogen-bond donors (Lipinski definition) is 2. The summed E-state index contributed by atoms with van der Waals surface area (Å²) in [6.45, 7) is 0. The van der Waals surface area contributed by atoms with E-state index in [-0.39, 0.29) is 16.8 Å². The molecular formula is C18H21NO7. The minimum atomic E-state index is -1.01. The highest BCUT2D eigenvalue weighted by atomic mass is 16.5. The number of hydrogen-bond acceptors (Lipinski definition) is 6. The van der Waals surface area contributed by atoms with Gasteiger partial charge < -0.3 is 19.9 Å². The zero-order valence-corrected chi connectivity index (χ0v) is 14.6. The van der Waals surface area contributed by atoms with Gasteiger partial charge in [-0.3, -0.25) is 9.59 Å². The molecule has 26 heavy (non-hydrogen) atoms. The number of carbonyl (C=O) groups is 4. The number of ether oxygens (including phenoxy) is 2. The fourth-order valence-corrected chi connectivity index (χ4v) is 3.15. The minimum Gasteiger partial charge on any atom is -0.481 e. The maximum Gasteiger partial charge on any atom is 0.339 e. The van der Waals surface area contributed by atoms with Crippen LogP contribution in [0.2, 0.25) is 0 Å². The Morgan fingerprint density at radius 1 is 1.00 bits per heavy atom. The Bertz CT molecular complexity index is 728. The molecule has 1 aromatic carbocycles. The number of nitrogens with one attached hydrogen (secondary N) is 1. The van der Waals surface area contributed by atoms with Gasteiger partial charge in [-0.15, -0.1) is 0 Å². The van der Waals surface area contributed by atoms with E-state index >= 15 is 0 Å². The number of methoxy groups -OCH3 is 2. The first-order valence-electron chi connectivity index (χ1n) is 8.23. The number of carboxylic acid groups (broad SMARTS) is 1. The standard InChI is InChI=1S/C18H21NO7/c1-25-17(23)10-7-8-13(18(24)26-2)14(9-10)19-15(20)11-5-3-4-6-12(11)16(21)22/h7-9,11-12H,3-6H2,1-2H3,(H,19,20)(H,21,22)/t11-,12-/m1/s1. The number of carboxylic acids is 1. The Morgan fingerprint density at radius 2 is 1.62 bits per heavy atom. The Morgan fingerprint density at radius 3 is 2.19 bits per heavy atom. The number of benzene rings is 1. The fourth-order valence-electron chi connectivity index (χ4n) is 3.15. The summed E-state index contributed by atoms with van der Waals surface area (Å²) in [5.41, 5.74) is 0.296. The molecule has 0 spiro atoms. The molecule has 1 amide bonds. The molecule has 8 nitrogen and oxygen atoms in total. The van der Waals surface area contributed by atoms with Gasteiger partial charge in [-0.2, -0.15) is 0 Å². The van der Waals surface area contributed by atoms with Crippen LogP contribution < -0.4 is 5.32 Å². The average Bonchev–Trinajstić information content (AvgIpc) is 2.66. The fraction of sp³-hybridized carbons (Fsp3) is 0.444. The molecular weight excluding hydrogens is 342 g/mol. The van der Waals surface area contributed by atoms with Gasteiger partial charge in [0.15, 0.2) is 0 Å². The van der Waals surface area contributed by atoms with E-state index < -0.39 is 35.7 Å². The normalized spacial score (nSPS) is 19.3. The van der Waals surface area contributed by atoms with Gasteiger partial charge in [0, 0.05) is 0 Å². The van der Waals surface area contributed by atoms with Crippen molar-refractivity contribution in [3.63, 3.8) is 0 Å². The van der Waals surface area contributed by atoms with Gasteiger partial charge in [-0.25, -0.2) is 9.59 Å². The Kier molecular flexibility index (Phi) is 6.32. The van der Waals surface area contributed by atoms with Crippen LogP contribution >= 0.6 is 0 Å². The molecule has 2 atom stereocenters. The molecule has 0 heterocycles. The molecule has 0 saturated heterocycles. The Hall–Kier alpha value is -2.90. The molecule has 1 fully saturated rings. The molecule has 1 aliphatic carbocycles. The van der Waals surface area contributed by atoms with E-state index in [0.29, 0.717) is 12.8 Å². The van der Waals surface area contributed by atoms with E-state index in [9.17, 15) is 24.3 Å². The Balaban J connectivity index is 2.33. The topological polar surface area (TPSA) is 119 Å². The molecule has 2 rings (SSSR count). The summed E-state index contributed by atoms with van der Waals surface area (Å²) in [5, 5.41) is 11.9. The van der Waals surface area contributed by atoms with Crippen LogP contribution in [-0.4, -0.2) is 43.1 Å². The van der Waals surface area contributed by atoms with Crippen molar-refractivity contribution in [3.8, 4) is 0 Å². The summed E-state index contributed by atoms with van der Waals surface area (Å²) in [4.78, 5) is 47.7. The molecule has 140 valence electrons. The first-order valence-corrected chi connectivity index (χ1v) is 8.23. The molecule has 0 aliphatic heterocycles. The quantitative estimate of drug-likeness (QED) is 0.769. The van der Waals surface area contributed by atoms with Crippen molar-refractivity contribution in [2.75, 3.05) is 19.5 Å². The van der Waals surface area contributed by atoms with Gasteiger partial charge in [0.25, 0.3) is 0 Å². The third kappa shape index (κ3) is 4.19. The van der Waals surface area contributed by atoms with Crippen molar-refractivity contribution in [1.82, 2.24) is 0 Å². The highest BCUT2D eigenvalue weighted by Crippen LogP contribution is 2.32. The summed E-state index contributed by atoms with van der Waals surface area (Å²) in [6.07, 6.45) is 2.40. The lowest BCUT2D eigenvalue weighted by molar-refractivity contribution is -0.147. The van der Waals surface area contributed by atoms with Gasteiger partial charge >= 0.3 is 17.9 Å². The molecule has 0 radical (unpaired) electrons. The van der Waals surface area contributed by atoms with Crippen LogP contribution in [0.15, 0.2) is 18.2 Å². The van der Waals surface area contributed by atoms with Crippen molar-refractivity contribution in [2.45, 2.75) is 25.7 Å². The maximum atomic E-state index is 12.7. The van der Waals surface area contributed by atoms with Crippen LogP contribution in [0.25, 0.3) is 0 Å². The van der Waals surface area contributed by atoms with Crippen LogP contribution in [-0.2, 0) is 19.1 Å². The number of esters is 2. The van der Waals surface area contributed by atoms with Gasteiger partial charge in [-0.05, 0) is 31.0 Å². The number of carbonyl (C=O) groups excluding carboxylic acids is 3. The summed E-state index contributed by atoms with van der Waals surface area (Å²) >= 11 is 0. The van der Waals surface area contributed by atoms with E-state index in [2.05, 4.69) is 14.8 Å². The van der Waals surface area contributed by atoms with E-state index in [1.165, 1.54) is 32.4 Å². The van der Waals surface area contributed by atoms with Crippen LogP contribution in [0.1, 0.15) is 46.4 Å². The second kappa shape index (κ2) is 8.46. The number of anilines is 1. The average molecular weight is 363 g/mol. The molecule has 2 N–H and O–H groups in total. The third-order valence-corrected chi connectivity index (χ3v) is 4.52. The van der Waals surface area contributed by atoms with E-state index in [0.717, 1.165) is 12.8 Å². The summed E-state index contributed by atoms with van der Waals surface area (Å²) < 4.78 is 9.33. The van der Waals surface area contributed by atoms with Crippen molar-refractivity contribution < 1.29 is 33.8 Å². The SMILES string of the molecule is COC(=O)c1ccc(C(=O)OC)c(NC(=O)[C@@H]2CCCC[C@H]2C(=O)O)c1. The first-order chi connectivity index (χ1) is 12.4. The largest absolute Gasteiger partial charge is 0.481 e. The van der Waals surface area contributed by atoms with Crippen LogP contribution in [0.4, 0.5) is 5.69 Å². The molecule has 0 aromatic heterocycles. The molecule has 8 heteroatoms. The van der Waals surface area contributed by atoms with Gasteiger partial charge in [0.05, 0.1) is 42.9 Å². The number of rotatable bonds is 5. The monoisotopic (exact) mass is 363 g/mol. The van der Waals surface area contributed by atoms with Crippen molar-refractivity contribution in [1.29, 1.82) is 0 Å². The van der Waals surface area contributed by atoms with Crippen LogP contribution in [0, 0.1) is 11.8 Å². The third-order valence-electron chi connectivity index (χ3n) is 4.52. The predicted molar refractivity (Wildman–Crippen MR) is 90.8 cm³/mol. The van der Waals surface area contributed by atoms with Crippen molar-refractivity contribution in [3.05, 3.63) is 29.3 Å². The summed E-state index contributed by atoms with van der Waals surface area (Å²) in [6, 6.07) is 4.05. The van der Waals surface area contributed by atoms with E-state index in [1.807, 2.05) is 0 Å². The number of aliphatic carboxylic acids is 1. The van der Waals surface area contributed by atoms with E-state index in [1.54, 1.807) is 0 Å². The molecule has 0 unspecified atom stereocenters. The zero-order chi connectivity index (χ0) is 19.3. The second-order valence-corrected chi connectivity index (χ2v) is 6.07. The maximum absolute atomic E-state index is 12.7. The molecule has 1 aliphatic rings. The van der Waals surface area contributed by atoms with Gasteiger partial charge in [0.1, 0.15) is 0 Å². The van der Waals surface area contributed by atoms with Crippen molar-refractivity contribution >= 4 is 29.5 Å². The van der Waals surface area contributed by atoms with Crippen LogP contribution in [0.3, 0.4) is 0 Å². The van der Waals surface area contributed by atoms with E-state index in [4.69, 9.17) is 0 Å². The molecule has 0 bridgehead atoms. The lowest BCUT2D eigenvalue weighted by atomic mass is 9.78. The highest BCUT2D eigenvalue weighted by Gasteiger charge is 2.36. The lowest BCUT2D eigenvalue weighted by Crippen LogP contribution is -2.36. The van der Waals surface area contributed by atoms with Crippen molar-refractivity contribution in [2.24, 2.45) is 11.8 Å². The Labute approximate surface area is 150 Å².